The van der Waals surface area contributed by atoms with Crippen molar-refractivity contribution in [1.29, 1.82) is 0 Å². The largest absolute Gasteiger partial charge is 0.481 e. The number of hydrogen-bond acceptors (Lipinski definition) is 2. The van der Waals surface area contributed by atoms with Crippen molar-refractivity contribution in [1.82, 2.24) is 0 Å². The maximum atomic E-state index is 13.5. The number of carboxylic acid groups (broad SMARTS) is 1. The molecule has 0 aliphatic heterocycles. The molecule has 1 unspecified atom stereocenters. The Labute approximate surface area is 96.0 Å². The van der Waals surface area contributed by atoms with Gasteiger partial charge in [-0.2, -0.15) is 0 Å². The first-order valence-electron chi connectivity index (χ1n) is 4.92. The van der Waals surface area contributed by atoms with Gasteiger partial charge in [0.1, 0.15) is 0 Å². The molecule has 94 valence electrons. The van der Waals surface area contributed by atoms with Gasteiger partial charge in [0.2, 0.25) is 0 Å². The molecule has 1 aromatic carbocycles. The fourth-order valence-corrected chi connectivity index (χ4v) is 1.60. The lowest BCUT2D eigenvalue weighted by molar-refractivity contribution is -0.143. The zero-order valence-corrected chi connectivity index (χ0v) is 9.14. The smallest absolute Gasteiger partial charge is 0.313 e. The molecule has 0 aliphatic rings. The SMILES string of the molecule is CC(CCN)(C(=O)O)c1ccc(F)c(F)c1F. The Morgan fingerprint density at radius 3 is 2.41 bits per heavy atom. The molecule has 0 aliphatic carbocycles. The second-order valence-electron chi connectivity index (χ2n) is 3.90. The van der Waals surface area contributed by atoms with Gasteiger partial charge in [0, 0.05) is 5.56 Å². The maximum Gasteiger partial charge on any atom is 0.313 e. The summed E-state index contributed by atoms with van der Waals surface area (Å²) in [5.41, 5.74) is 3.17. The number of nitrogens with two attached hydrogens (primary N) is 1. The topological polar surface area (TPSA) is 63.3 Å². The van der Waals surface area contributed by atoms with E-state index >= 15 is 0 Å². The number of aliphatic carboxylic acids is 1. The van der Waals surface area contributed by atoms with Gasteiger partial charge in [-0.05, 0) is 26.0 Å². The lowest BCUT2D eigenvalue weighted by Crippen LogP contribution is -2.36. The van der Waals surface area contributed by atoms with Gasteiger partial charge in [0.15, 0.2) is 17.5 Å². The van der Waals surface area contributed by atoms with Crippen LogP contribution in [0.2, 0.25) is 0 Å². The molecule has 3 nitrogen and oxygen atoms in total. The Bertz CT molecular complexity index is 451. The van der Waals surface area contributed by atoms with E-state index in [-0.39, 0.29) is 13.0 Å². The van der Waals surface area contributed by atoms with Gasteiger partial charge >= 0.3 is 5.97 Å². The summed E-state index contributed by atoms with van der Waals surface area (Å²) in [6, 6.07) is 1.63. The zero-order chi connectivity index (χ0) is 13.2. The van der Waals surface area contributed by atoms with E-state index in [1.54, 1.807) is 0 Å². The standard InChI is InChI=1S/C11H12F3NO2/c1-11(4-5-15,10(16)17)6-2-3-7(12)9(14)8(6)13/h2-3H,4-5,15H2,1H3,(H,16,17). The van der Waals surface area contributed by atoms with Crippen LogP contribution in [0.4, 0.5) is 13.2 Å². The summed E-state index contributed by atoms with van der Waals surface area (Å²) in [6.07, 6.45) is -0.0790. The number of halogens is 3. The molecule has 0 saturated heterocycles. The fraction of sp³-hybridized carbons (Fsp3) is 0.364. The van der Waals surface area contributed by atoms with Crippen molar-refractivity contribution in [3.05, 3.63) is 35.1 Å². The molecule has 0 amide bonds. The van der Waals surface area contributed by atoms with Crippen molar-refractivity contribution in [2.24, 2.45) is 5.73 Å². The Morgan fingerprint density at radius 1 is 1.35 bits per heavy atom. The molecule has 0 saturated carbocycles. The van der Waals surface area contributed by atoms with Crippen molar-refractivity contribution in [3.63, 3.8) is 0 Å². The van der Waals surface area contributed by atoms with Gasteiger partial charge in [-0.1, -0.05) is 6.07 Å². The predicted molar refractivity (Wildman–Crippen MR) is 55.0 cm³/mol. The molecule has 0 bridgehead atoms. The van der Waals surface area contributed by atoms with Crippen LogP contribution in [0.25, 0.3) is 0 Å². The van der Waals surface area contributed by atoms with Crippen LogP contribution in [0.15, 0.2) is 12.1 Å². The zero-order valence-electron chi connectivity index (χ0n) is 9.14. The molecule has 0 aromatic heterocycles. The Morgan fingerprint density at radius 2 is 1.94 bits per heavy atom. The van der Waals surface area contributed by atoms with Gasteiger partial charge in [-0.25, -0.2) is 13.2 Å². The van der Waals surface area contributed by atoms with Crippen molar-refractivity contribution in [2.45, 2.75) is 18.8 Å². The highest BCUT2D eigenvalue weighted by atomic mass is 19.2. The maximum absolute atomic E-state index is 13.5. The van der Waals surface area contributed by atoms with Gasteiger partial charge < -0.3 is 10.8 Å². The highest BCUT2D eigenvalue weighted by molar-refractivity contribution is 5.81. The van der Waals surface area contributed by atoms with Crippen LogP contribution in [0, 0.1) is 17.5 Å². The lowest BCUT2D eigenvalue weighted by Gasteiger charge is -2.25. The first-order valence-corrected chi connectivity index (χ1v) is 4.92. The summed E-state index contributed by atoms with van der Waals surface area (Å²) in [6.45, 7) is 1.21. The predicted octanol–water partition coefficient (Wildman–Crippen LogP) is 1.80. The average Bonchev–Trinajstić information content (AvgIpc) is 2.26. The molecule has 3 N–H and O–H groups in total. The molecule has 0 fully saturated rings. The number of hydrogen-bond donors (Lipinski definition) is 2. The summed E-state index contributed by atoms with van der Waals surface area (Å²) in [5.74, 6) is -5.85. The van der Waals surface area contributed by atoms with Crippen molar-refractivity contribution >= 4 is 5.97 Å². The van der Waals surface area contributed by atoms with E-state index in [1.807, 2.05) is 0 Å². The Balaban J connectivity index is 3.39. The van der Waals surface area contributed by atoms with E-state index in [2.05, 4.69) is 0 Å². The van der Waals surface area contributed by atoms with Crippen LogP contribution in [-0.2, 0) is 10.2 Å². The minimum absolute atomic E-state index is 0.0127. The molecular weight excluding hydrogens is 235 g/mol. The molecule has 0 spiro atoms. The lowest BCUT2D eigenvalue weighted by atomic mass is 9.79. The van der Waals surface area contributed by atoms with E-state index in [0.717, 1.165) is 6.07 Å². The van der Waals surface area contributed by atoms with Gasteiger partial charge in [0.05, 0.1) is 5.41 Å². The van der Waals surface area contributed by atoms with Crippen LogP contribution >= 0.6 is 0 Å². The van der Waals surface area contributed by atoms with Crippen LogP contribution in [-0.4, -0.2) is 17.6 Å². The highest BCUT2D eigenvalue weighted by Crippen LogP contribution is 2.31. The van der Waals surface area contributed by atoms with Crippen molar-refractivity contribution in [2.75, 3.05) is 6.54 Å². The Kier molecular flexibility index (Phi) is 3.77. The van der Waals surface area contributed by atoms with E-state index in [0.29, 0.717) is 6.07 Å². The van der Waals surface area contributed by atoms with Crippen LogP contribution in [0.5, 0.6) is 0 Å². The summed E-state index contributed by atoms with van der Waals surface area (Å²) >= 11 is 0. The van der Waals surface area contributed by atoms with Gasteiger partial charge in [-0.15, -0.1) is 0 Å². The van der Waals surface area contributed by atoms with E-state index < -0.39 is 34.4 Å². The molecule has 1 atom stereocenters. The second kappa shape index (κ2) is 4.75. The second-order valence-corrected chi connectivity index (χ2v) is 3.90. The quantitative estimate of drug-likeness (QED) is 0.797. The molecule has 17 heavy (non-hydrogen) atoms. The summed E-state index contributed by atoms with van der Waals surface area (Å²) in [5, 5.41) is 9.06. The molecule has 1 rings (SSSR count). The molecule has 0 radical (unpaired) electrons. The van der Waals surface area contributed by atoms with Crippen LogP contribution in [0.3, 0.4) is 0 Å². The highest BCUT2D eigenvalue weighted by Gasteiger charge is 2.38. The van der Waals surface area contributed by atoms with Crippen molar-refractivity contribution in [3.8, 4) is 0 Å². The third-order valence-electron chi connectivity index (χ3n) is 2.75. The van der Waals surface area contributed by atoms with Gasteiger partial charge in [-0.3, -0.25) is 4.79 Å². The number of carboxylic acids is 1. The third-order valence-corrected chi connectivity index (χ3v) is 2.75. The van der Waals surface area contributed by atoms with Crippen molar-refractivity contribution < 1.29 is 23.1 Å². The first kappa shape index (κ1) is 13.5. The summed E-state index contributed by atoms with van der Waals surface area (Å²) in [4.78, 5) is 11.1. The van der Waals surface area contributed by atoms with Crippen LogP contribution in [0.1, 0.15) is 18.9 Å². The summed E-state index contributed by atoms with van der Waals surface area (Å²) in [7, 11) is 0. The van der Waals surface area contributed by atoms with E-state index in [4.69, 9.17) is 10.8 Å². The average molecular weight is 247 g/mol. The van der Waals surface area contributed by atoms with E-state index in [9.17, 15) is 18.0 Å². The fourth-order valence-electron chi connectivity index (χ4n) is 1.60. The Hall–Kier alpha value is -1.56. The molecular formula is C11H12F3NO2. The normalized spacial score (nSPS) is 14.4. The summed E-state index contributed by atoms with van der Waals surface area (Å²) < 4.78 is 39.3. The first-order chi connectivity index (χ1) is 7.84. The minimum atomic E-state index is -1.67. The van der Waals surface area contributed by atoms with E-state index in [1.165, 1.54) is 6.92 Å². The van der Waals surface area contributed by atoms with Gasteiger partial charge in [0.25, 0.3) is 0 Å². The third kappa shape index (κ3) is 2.26. The molecule has 6 heteroatoms. The number of carbonyl (C=O) groups is 1. The molecule has 0 heterocycles. The minimum Gasteiger partial charge on any atom is -0.481 e. The number of benzene rings is 1. The van der Waals surface area contributed by atoms with Crippen LogP contribution < -0.4 is 5.73 Å². The number of rotatable bonds is 4. The molecule has 1 aromatic rings. The monoisotopic (exact) mass is 247 g/mol.